The van der Waals surface area contributed by atoms with Crippen molar-refractivity contribution >= 4 is 45.6 Å². The predicted molar refractivity (Wildman–Crippen MR) is 122 cm³/mol. The first kappa shape index (κ1) is 21.7. The smallest absolute Gasteiger partial charge is 0.354 e. The minimum Gasteiger partial charge on any atom is -0.470 e. The predicted octanol–water partition coefficient (Wildman–Crippen LogP) is 3.93. The Balaban J connectivity index is 1.45. The van der Waals surface area contributed by atoms with Crippen molar-refractivity contribution in [3.8, 4) is 5.88 Å². The number of nitrogens with zero attached hydrogens (tertiary/aromatic N) is 7. The molecule has 11 nitrogen and oxygen atoms in total. The fourth-order valence-electron chi connectivity index (χ4n) is 3.95. The van der Waals surface area contributed by atoms with Crippen LogP contribution in [0.3, 0.4) is 0 Å². The lowest BCUT2D eigenvalue weighted by atomic mass is 10.1. The standard InChI is InChI=1S/C20H20Cl2N8O3/c1-10-3-6-14(11(2)24-10)29-15(12-4-5-12)16(30(31)32)19(27-29)33-8-7-28-18-13(17(21)26-28)9-23-20(22)25-18/h3,6,9,11-12,24H,4-5,7-8H2,1-2H3. The maximum Gasteiger partial charge on any atom is 0.354 e. The summed E-state index contributed by atoms with van der Waals surface area (Å²) in [6.45, 7) is 4.27. The van der Waals surface area contributed by atoms with Crippen LogP contribution in [0.2, 0.25) is 10.4 Å². The highest BCUT2D eigenvalue weighted by Gasteiger charge is 2.41. The summed E-state index contributed by atoms with van der Waals surface area (Å²) in [5.41, 5.74) is 2.79. The van der Waals surface area contributed by atoms with Crippen molar-refractivity contribution in [3.05, 3.63) is 50.3 Å². The number of nitrogens with one attached hydrogen (secondary N) is 1. The molecule has 3 aromatic rings. The van der Waals surface area contributed by atoms with E-state index in [4.69, 9.17) is 27.9 Å². The molecule has 1 fully saturated rings. The lowest BCUT2D eigenvalue weighted by molar-refractivity contribution is -0.386. The highest BCUT2D eigenvalue weighted by molar-refractivity contribution is 6.34. The third kappa shape index (κ3) is 4.02. The number of allylic oxidation sites excluding steroid dienone is 3. The molecule has 4 heterocycles. The van der Waals surface area contributed by atoms with E-state index >= 15 is 0 Å². The van der Waals surface area contributed by atoms with Crippen LogP contribution in [0.1, 0.15) is 38.3 Å². The Morgan fingerprint density at radius 3 is 2.79 bits per heavy atom. The lowest BCUT2D eigenvalue weighted by Gasteiger charge is -2.23. The van der Waals surface area contributed by atoms with Crippen molar-refractivity contribution in [3.63, 3.8) is 0 Å². The Morgan fingerprint density at radius 2 is 2.09 bits per heavy atom. The summed E-state index contributed by atoms with van der Waals surface area (Å²) < 4.78 is 9.01. The Hall–Kier alpha value is -3.18. The molecule has 0 amide bonds. The maximum atomic E-state index is 12.0. The summed E-state index contributed by atoms with van der Waals surface area (Å²) in [6, 6.07) is -0.0538. The van der Waals surface area contributed by atoms with Gasteiger partial charge < -0.3 is 10.1 Å². The van der Waals surface area contributed by atoms with Gasteiger partial charge in [0.25, 0.3) is 0 Å². The first-order valence-corrected chi connectivity index (χ1v) is 11.2. The second kappa shape index (κ2) is 8.31. The summed E-state index contributed by atoms with van der Waals surface area (Å²) in [5, 5.41) is 25.0. The van der Waals surface area contributed by atoms with Crippen molar-refractivity contribution < 1.29 is 9.66 Å². The molecule has 1 saturated carbocycles. The number of nitro groups is 1. The summed E-state index contributed by atoms with van der Waals surface area (Å²) in [7, 11) is 0. The number of fused-ring (bicyclic) bond motifs is 1. The number of hydrogen-bond acceptors (Lipinski definition) is 8. The van der Waals surface area contributed by atoms with Crippen LogP contribution in [0.4, 0.5) is 5.69 Å². The van der Waals surface area contributed by atoms with E-state index in [-0.39, 0.29) is 47.1 Å². The zero-order valence-corrected chi connectivity index (χ0v) is 19.3. The van der Waals surface area contributed by atoms with Gasteiger partial charge in [-0.15, -0.1) is 5.10 Å². The molecule has 0 bridgehead atoms. The van der Waals surface area contributed by atoms with E-state index in [9.17, 15) is 10.1 Å². The molecule has 0 saturated heterocycles. The number of halogens is 2. The van der Waals surface area contributed by atoms with Crippen molar-refractivity contribution in [2.45, 2.75) is 45.2 Å². The molecule has 5 rings (SSSR count). The van der Waals surface area contributed by atoms with Crippen molar-refractivity contribution in [2.75, 3.05) is 6.61 Å². The monoisotopic (exact) mass is 490 g/mol. The van der Waals surface area contributed by atoms with Gasteiger partial charge in [-0.1, -0.05) is 11.6 Å². The fraction of sp³-hybridized carbons (Fsp3) is 0.400. The second-order valence-corrected chi connectivity index (χ2v) is 8.72. The van der Waals surface area contributed by atoms with Crippen LogP contribution in [0, 0.1) is 10.1 Å². The molecule has 2 aliphatic rings. The molecule has 1 aliphatic carbocycles. The van der Waals surface area contributed by atoms with Crippen LogP contribution in [-0.2, 0) is 6.54 Å². The van der Waals surface area contributed by atoms with E-state index in [0.29, 0.717) is 16.7 Å². The third-order valence-corrected chi connectivity index (χ3v) is 6.06. The second-order valence-electron chi connectivity index (χ2n) is 8.03. The summed E-state index contributed by atoms with van der Waals surface area (Å²) >= 11 is 12.0. The van der Waals surface area contributed by atoms with E-state index in [1.807, 2.05) is 26.0 Å². The zero-order chi connectivity index (χ0) is 23.3. The van der Waals surface area contributed by atoms with Crippen LogP contribution in [0.15, 0.2) is 24.0 Å². The van der Waals surface area contributed by atoms with Crippen molar-refractivity contribution in [2.24, 2.45) is 0 Å². The summed E-state index contributed by atoms with van der Waals surface area (Å²) in [5.74, 6) is 0.0690. The summed E-state index contributed by atoms with van der Waals surface area (Å²) in [4.78, 5) is 19.7. The first-order valence-electron chi connectivity index (χ1n) is 10.4. The van der Waals surface area contributed by atoms with Gasteiger partial charge in [-0.05, 0) is 50.4 Å². The molecule has 0 radical (unpaired) electrons. The van der Waals surface area contributed by atoms with Gasteiger partial charge in [0, 0.05) is 17.8 Å². The number of hydrogen-bond donors (Lipinski definition) is 1. The van der Waals surface area contributed by atoms with Gasteiger partial charge in [0.05, 0.1) is 28.6 Å². The third-order valence-electron chi connectivity index (χ3n) is 5.60. The van der Waals surface area contributed by atoms with Crippen LogP contribution in [0.5, 0.6) is 5.88 Å². The van der Waals surface area contributed by atoms with Gasteiger partial charge in [-0.3, -0.25) is 10.1 Å². The van der Waals surface area contributed by atoms with Crippen LogP contribution >= 0.6 is 23.2 Å². The minimum absolute atomic E-state index is 0.0171. The molecule has 1 N–H and O–H groups in total. The van der Waals surface area contributed by atoms with E-state index < -0.39 is 4.92 Å². The molecule has 172 valence electrons. The minimum atomic E-state index is -0.414. The quantitative estimate of drug-likeness (QED) is 0.299. The van der Waals surface area contributed by atoms with Gasteiger partial charge >= 0.3 is 11.6 Å². The number of dihydropyridines is 1. The largest absolute Gasteiger partial charge is 0.470 e. The molecular weight excluding hydrogens is 471 g/mol. The average molecular weight is 491 g/mol. The number of aromatic nitrogens is 6. The van der Waals surface area contributed by atoms with E-state index in [2.05, 4.69) is 25.5 Å². The van der Waals surface area contributed by atoms with Crippen molar-refractivity contribution in [1.29, 1.82) is 0 Å². The normalized spacial score (nSPS) is 18.1. The van der Waals surface area contributed by atoms with E-state index in [1.54, 1.807) is 4.68 Å². The molecule has 3 aromatic heterocycles. The Kier molecular flexibility index (Phi) is 5.45. The molecular formula is C20H20Cl2N8O3. The SMILES string of the molecule is CC1=CC=C(n2nc(OCCn3nc(Cl)c4cnc(Cl)nc43)c([N+](=O)[O-])c2C2CC2)C(C)N1. The summed E-state index contributed by atoms with van der Waals surface area (Å²) in [6.07, 6.45) is 7.13. The molecule has 1 aliphatic heterocycles. The van der Waals surface area contributed by atoms with Crippen LogP contribution in [0.25, 0.3) is 16.7 Å². The molecule has 0 spiro atoms. The Labute approximate surface area is 198 Å². The molecule has 33 heavy (non-hydrogen) atoms. The van der Waals surface area contributed by atoms with Gasteiger partial charge in [0.15, 0.2) is 10.8 Å². The molecule has 0 aromatic carbocycles. The van der Waals surface area contributed by atoms with Crippen LogP contribution in [-0.4, -0.2) is 47.1 Å². The molecule has 13 heteroatoms. The van der Waals surface area contributed by atoms with Gasteiger partial charge in [0.2, 0.25) is 5.28 Å². The fourth-order valence-corrected chi connectivity index (χ4v) is 4.30. The van der Waals surface area contributed by atoms with E-state index in [0.717, 1.165) is 24.2 Å². The molecule has 1 atom stereocenters. The highest BCUT2D eigenvalue weighted by Crippen LogP contribution is 2.48. The number of ether oxygens (including phenoxy) is 1. The maximum absolute atomic E-state index is 12.0. The zero-order valence-electron chi connectivity index (χ0n) is 17.8. The molecule has 1 unspecified atom stereocenters. The van der Waals surface area contributed by atoms with Gasteiger partial charge in [-0.2, -0.15) is 10.1 Å². The van der Waals surface area contributed by atoms with Gasteiger partial charge in [-0.25, -0.2) is 14.3 Å². The van der Waals surface area contributed by atoms with Crippen molar-refractivity contribution in [1.82, 2.24) is 34.8 Å². The van der Waals surface area contributed by atoms with Gasteiger partial charge in [0.1, 0.15) is 12.3 Å². The topological polar surface area (TPSA) is 126 Å². The Bertz CT molecular complexity index is 1320. The Morgan fingerprint density at radius 1 is 1.30 bits per heavy atom. The lowest BCUT2D eigenvalue weighted by Crippen LogP contribution is -2.31. The number of rotatable bonds is 7. The van der Waals surface area contributed by atoms with E-state index in [1.165, 1.54) is 10.9 Å². The van der Waals surface area contributed by atoms with Crippen LogP contribution < -0.4 is 10.1 Å². The first-order chi connectivity index (χ1) is 15.8. The average Bonchev–Trinajstić information content (AvgIpc) is 3.46. The highest BCUT2D eigenvalue weighted by atomic mass is 35.5.